The van der Waals surface area contributed by atoms with Gasteiger partial charge in [0.15, 0.2) is 0 Å². The second-order valence-corrected chi connectivity index (χ2v) is 3.08. The van der Waals surface area contributed by atoms with Crippen molar-refractivity contribution in [3.63, 3.8) is 0 Å². The van der Waals surface area contributed by atoms with Gasteiger partial charge in [-0.05, 0) is 26.0 Å². The summed E-state index contributed by atoms with van der Waals surface area (Å²) in [6.45, 7) is 4.84. The average molecular weight is 177 g/mol. The molecule has 0 amide bonds. The van der Waals surface area contributed by atoms with Crippen molar-refractivity contribution >= 4 is 0 Å². The number of furan rings is 1. The van der Waals surface area contributed by atoms with E-state index in [0.717, 1.165) is 24.5 Å². The summed E-state index contributed by atoms with van der Waals surface area (Å²) >= 11 is 0. The molecule has 1 aromatic rings. The van der Waals surface area contributed by atoms with Crippen LogP contribution in [0, 0.1) is 19.3 Å². The molecule has 2 heteroatoms. The Labute approximate surface area is 79.3 Å². The fourth-order valence-corrected chi connectivity index (χ4v) is 1.15. The highest BCUT2D eigenvalue weighted by molar-refractivity contribution is 5.08. The van der Waals surface area contributed by atoms with Gasteiger partial charge in [0.1, 0.15) is 11.5 Å². The fourth-order valence-electron chi connectivity index (χ4n) is 1.15. The Kier molecular flexibility index (Phi) is 3.60. The Hall–Kier alpha value is -1.20. The van der Waals surface area contributed by atoms with E-state index in [0.29, 0.717) is 0 Å². The maximum Gasteiger partial charge on any atom is 0.120 e. The van der Waals surface area contributed by atoms with Gasteiger partial charge < -0.3 is 9.73 Å². The Morgan fingerprint density at radius 2 is 2.38 bits per heavy atom. The summed E-state index contributed by atoms with van der Waals surface area (Å²) in [5, 5.41) is 3.28. The Morgan fingerprint density at radius 1 is 1.62 bits per heavy atom. The molecular formula is C11H15NO. The van der Waals surface area contributed by atoms with Crippen molar-refractivity contribution in [1.29, 1.82) is 0 Å². The average Bonchev–Trinajstić information content (AvgIpc) is 2.52. The maximum atomic E-state index is 5.46. The van der Waals surface area contributed by atoms with Crippen LogP contribution in [0.1, 0.15) is 30.9 Å². The van der Waals surface area contributed by atoms with Crippen LogP contribution in [0.2, 0.25) is 0 Å². The zero-order chi connectivity index (χ0) is 9.68. The summed E-state index contributed by atoms with van der Waals surface area (Å²) in [7, 11) is 0. The molecule has 0 aliphatic rings. The molecule has 0 aliphatic heterocycles. The van der Waals surface area contributed by atoms with Gasteiger partial charge in [0.25, 0.3) is 0 Å². The third-order valence-electron chi connectivity index (χ3n) is 1.91. The topological polar surface area (TPSA) is 25.2 Å². The smallest absolute Gasteiger partial charge is 0.120 e. The third-order valence-corrected chi connectivity index (χ3v) is 1.91. The lowest BCUT2D eigenvalue weighted by atomic mass is 10.2. The second-order valence-electron chi connectivity index (χ2n) is 3.08. The van der Waals surface area contributed by atoms with Crippen LogP contribution in [0.5, 0.6) is 0 Å². The van der Waals surface area contributed by atoms with E-state index in [2.05, 4.69) is 18.2 Å². The predicted molar refractivity (Wildman–Crippen MR) is 53.3 cm³/mol. The first kappa shape index (κ1) is 9.88. The zero-order valence-electron chi connectivity index (χ0n) is 8.13. The molecule has 1 N–H and O–H groups in total. The van der Waals surface area contributed by atoms with Gasteiger partial charge in [-0.2, -0.15) is 0 Å². The summed E-state index contributed by atoms with van der Waals surface area (Å²) in [4.78, 5) is 0. The van der Waals surface area contributed by atoms with E-state index in [1.54, 1.807) is 0 Å². The zero-order valence-corrected chi connectivity index (χ0v) is 8.13. The lowest BCUT2D eigenvalue weighted by Crippen LogP contribution is -2.18. The molecule has 0 radical (unpaired) electrons. The number of nitrogens with one attached hydrogen (secondary N) is 1. The largest absolute Gasteiger partial charge is 0.465 e. The normalized spacial score (nSPS) is 12.4. The molecule has 0 bridgehead atoms. The number of hydrogen-bond acceptors (Lipinski definition) is 2. The molecule has 70 valence electrons. The van der Waals surface area contributed by atoms with Crippen molar-refractivity contribution in [2.24, 2.45) is 0 Å². The lowest BCUT2D eigenvalue weighted by Gasteiger charge is -2.09. The molecule has 0 saturated carbocycles. The van der Waals surface area contributed by atoms with E-state index < -0.39 is 0 Å². The van der Waals surface area contributed by atoms with Crippen LogP contribution in [0.25, 0.3) is 0 Å². The first-order valence-corrected chi connectivity index (χ1v) is 4.47. The quantitative estimate of drug-likeness (QED) is 0.563. The van der Waals surface area contributed by atoms with E-state index in [4.69, 9.17) is 10.8 Å². The highest BCUT2D eigenvalue weighted by Gasteiger charge is 2.07. The summed E-state index contributed by atoms with van der Waals surface area (Å²) in [6.07, 6.45) is 5.90. The minimum Gasteiger partial charge on any atom is -0.465 e. The number of terminal acetylenes is 1. The van der Waals surface area contributed by atoms with Gasteiger partial charge in [0.2, 0.25) is 0 Å². The Balaban J connectivity index is 2.40. The van der Waals surface area contributed by atoms with Crippen LogP contribution in [0.15, 0.2) is 16.5 Å². The molecule has 1 heterocycles. The van der Waals surface area contributed by atoms with Crippen molar-refractivity contribution in [2.45, 2.75) is 26.3 Å². The molecule has 1 atom stereocenters. The van der Waals surface area contributed by atoms with Crippen LogP contribution >= 0.6 is 0 Å². The van der Waals surface area contributed by atoms with E-state index >= 15 is 0 Å². The summed E-state index contributed by atoms with van der Waals surface area (Å²) < 4.78 is 5.46. The molecule has 1 unspecified atom stereocenters. The van der Waals surface area contributed by atoms with Gasteiger partial charge in [0.05, 0.1) is 6.04 Å². The minimum absolute atomic E-state index is 0.238. The molecular weight excluding hydrogens is 162 g/mol. The number of rotatable bonds is 4. The lowest BCUT2D eigenvalue weighted by molar-refractivity contribution is 0.419. The third kappa shape index (κ3) is 2.96. The summed E-state index contributed by atoms with van der Waals surface area (Å²) in [5.74, 6) is 4.50. The van der Waals surface area contributed by atoms with E-state index in [9.17, 15) is 0 Å². The molecule has 1 aromatic heterocycles. The summed E-state index contributed by atoms with van der Waals surface area (Å²) in [6, 6.07) is 4.19. The van der Waals surface area contributed by atoms with Crippen LogP contribution < -0.4 is 5.32 Å². The minimum atomic E-state index is 0.238. The van der Waals surface area contributed by atoms with Crippen molar-refractivity contribution in [3.05, 3.63) is 23.7 Å². The van der Waals surface area contributed by atoms with E-state index in [1.807, 2.05) is 19.1 Å². The van der Waals surface area contributed by atoms with Gasteiger partial charge in [-0.15, -0.1) is 12.3 Å². The predicted octanol–water partition coefficient (Wildman–Crippen LogP) is 2.26. The van der Waals surface area contributed by atoms with Crippen LogP contribution in [-0.4, -0.2) is 6.54 Å². The van der Waals surface area contributed by atoms with Gasteiger partial charge >= 0.3 is 0 Å². The SMILES string of the molecule is C#CCCNC(C)c1ccc(C)o1. The first-order valence-electron chi connectivity index (χ1n) is 4.47. The van der Waals surface area contributed by atoms with Crippen molar-refractivity contribution in [2.75, 3.05) is 6.54 Å². The standard InChI is InChI=1S/C11H15NO/c1-4-5-8-12-10(3)11-7-6-9(2)13-11/h1,6-7,10,12H,5,8H2,2-3H3. The molecule has 0 spiro atoms. The Morgan fingerprint density at radius 3 is 2.92 bits per heavy atom. The highest BCUT2D eigenvalue weighted by Crippen LogP contribution is 2.14. The molecule has 13 heavy (non-hydrogen) atoms. The van der Waals surface area contributed by atoms with E-state index in [1.165, 1.54) is 0 Å². The summed E-state index contributed by atoms with van der Waals surface area (Å²) in [5.41, 5.74) is 0. The number of hydrogen-bond donors (Lipinski definition) is 1. The van der Waals surface area contributed by atoms with Crippen molar-refractivity contribution in [1.82, 2.24) is 5.32 Å². The molecule has 0 fully saturated rings. The van der Waals surface area contributed by atoms with Gasteiger partial charge in [0, 0.05) is 13.0 Å². The second kappa shape index (κ2) is 4.74. The number of aryl methyl sites for hydroxylation is 1. The van der Waals surface area contributed by atoms with Crippen LogP contribution in [0.3, 0.4) is 0 Å². The first-order chi connectivity index (χ1) is 6.24. The molecule has 0 saturated heterocycles. The van der Waals surface area contributed by atoms with Crippen molar-refractivity contribution < 1.29 is 4.42 Å². The fraction of sp³-hybridized carbons (Fsp3) is 0.455. The van der Waals surface area contributed by atoms with Crippen LogP contribution in [-0.2, 0) is 0 Å². The maximum absolute atomic E-state index is 5.46. The monoisotopic (exact) mass is 177 g/mol. The van der Waals surface area contributed by atoms with Crippen LogP contribution in [0.4, 0.5) is 0 Å². The molecule has 2 nitrogen and oxygen atoms in total. The van der Waals surface area contributed by atoms with E-state index in [-0.39, 0.29) is 6.04 Å². The van der Waals surface area contributed by atoms with Gasteiger partial charge in [-0.1, -0.05) is 0 Å². The molecule has 0 aromatic carbocycles. The van der Waals surface area contributed by atoms with Gasteiger partial charge in [-0.3, -0.25) is 0 Å². The Bertz CT molecular complexity index is 295. The highest BCUT2D eigenvalue weighted by atomic mass is 16.3. The van der Waals surface area contributed by atoms with Crippen molar-refractivity contribution in [3.8, 4) is 12.3 Å². The molecule has 1 rings (SSSR count). The van der Waals surface area contributed by atoms with Gasteiger partial charge in [-0.25, -0.2) is 0 Å². The molecule has 0 aliphatic carbocycles.